The summed E-state index contributed by atoms with van der Waals surface area (Å²) >= 11 is 0. The Hall–Kier alpha value is -2.93. The molecule has 2 aromatic heterocycles. The monoisotopic (exact) mass is 430 g/mol. The molecule has 29 heavy (non-hydrogen) atoms. The minimum Gasteiger partial charge on any atom is -0.492 e. The molecule has 0 bridgehead atoms. The zero-order chi connectivity index (χ0) is 21.4. The number of halogens is 3. The van der Waals surface area contributed by atoms with Crippen molar-refractivity contribution >= 4 is 27.2 Å². The molecule has 0 saturated carbocycles. The second kappa shape index (κ2) is 7.48. The molecule has 3 rings (SSSR count). The van der Waals surface area contributed by atoms with Crippen LogP contribution in [0.5, 0.6) is 5.75 Å². The molecule has 0 aliphatic rings. The van der Waals surface area contributed by atoms with Gasteiger partial charge in [-0.15, -0.1) is 15.3 Å². The van der Waals surface area contributed by atoms with Crippen molar-refractivity contribution in [2.24, 2.45) is 0 Å². The van der Waals surface area contributed by atoms with Crippen molar-refractivity contribution in [1.29, 1.82) is 0 Å². The number of sulfonamides is 1. The summed E-state index contributed by atoms with van der Waals surface area (Å²) in [6.45, 7) is 1.98. The molecular formula is C16H17F3N6O3S. The van der Waals surface area contributed by atoms with E-state index in [2.05, 4.69) is 20.6 Å². The smallest absolute Gasteiger partial charge is 0.453 e. The van der Waals surface area contributed by atoms with E-state index >= 15 is 0 Å². The molecule has 1 aromatic carbocycles. The SMILES string of the molecule is CCOc1ccc(Nc2ccc3nnc(C(F)(F)F)n3n2)cc1S(=O)(=O)N(C)C. The molecule has 9 nitrogen and oxygen atoms in total. The highest BCUT2D eigenvalue weighted by atomic mass is 32.2. The van der Waals surface area contributed by atoms with Crippen molar-refractivity contribution < 1.29 is 26.3 Å². The average molecular weight is 430 g/mol. The molecular weight excluding hydrogens is 413 g/mol. The molecule has 0 unspecified atom stereocenters. The molecule has 0 atom stereocenters. The van der Waals surface area contributed by atoms with Crippen LogP contribution in [0.1, 0.15) is 12.7 Å². The van der Waals surface area contributed by atoms with Gasteiger partial charge in [-0.05, 0) is 37.3 Å². The summed E-state index contributed by atoms with van der Waals surface area (Å²) in [7, 11) is -1.06. The molecule has 3 aromatic rings. The molecule has 156 valence electrons. The molecule has 0 radical (unpaired) electrons. The third-order valence-electron chi connectivity index (χ3n) is 3.79. The molecule has 0 saturated heterocycles. The third-order valence-corrected chi connectivity index (χ3v) is 5.63. The van der Waals surface area contributed by atoms with Crippen LogP contribution in [0.15, 0.2) is 35.2 Å². The molecule has 0 aliphatic carbocycles. The van der Waals surface area contributed by atoms with E-state index in [9.17, 15) is 21.6 Å². The lowest BCUT2D eigenvalue weighted by atomic mass is 10.3. The van der Waals surface area contributed by atoms with E-state index in [1.165, 1.54) is 44.4 Å². The number of benzene rings is 1. The summed E-state index contributed by atoms with van der Waals surface area (Å²) < 4.78 is 71.2. The maximum atomic E-state index is 13.0. The van der Waals surface area contributed by atoms with Crippen molar-refractivity contribution in [2.75, 3.05) is 26.0 Å². The van der Waals surface area contributed by atoms with E-state index in [-0.39, 0.29) is 28.7 Å². The predicted molar refractivity (Wildman–Crippen MR) is 97.6 cm³/mol. The van der Waals surface area contributed by atoms with Gasteiger partial charge in [-0.3, -0.25) is 0 Å². The molecule has 0 aliphatic heterocycles. The second-order valence-corrected chi connectivity index (χ2v) is 8.14. The number of rotatable bonds is 6. The van der Waals surface area contributed by atoms with Gasteiger partial charge in [-0.2, -0.15) is 17.7 Å². The van der Waals surface area contributed by atoms with Crippen molar-refractivity contribution in [3.05, 3.63) is 36.2 Å². The lowest BCUT2D eigenvalue weighted by Crippen LogP contribution is -2.23. The highest BCUT2D eigenvalue weighted by Gasteiger charge is 2.37. The Labute approximate surface area is 164 Å². The Morgan fingerprint density at radius 2 is 1.90 bits per heavy atom. The van der Waals surface area contributed by atoms with Crippen molar-refractivity contribution in [1.82, 2.24) is 24.1 Å². The standard InChI is InChI=1S/C16H17F3N6O3S/c1-4-28-11-6-5-10(9-12(11)29(26,27)24(2)3)20-13-7-8-14-21-22-15(16(17,18)19)25(14)23-13/h5-9H,4H2,1-3H3,(H,20,23). The zero-order valence-electron chi connectivity index (χ0n) is 15.6. The van der Waals surface area contributed by atoms with Crippen LogP contribution in [0.4, 0.5) is 24.7 Å². The first-order chi connectivity index (χ1) is 13.5. The fourth-order valence-electron chi connectivity index (χ4n) is 2.44. The highest BCUT2D eigenvalue weighted by molar-refractivity contribution is 7.89. The fourth-order valence-corrected chi connectivity index (χ4v) is 3.49. The van der Waals surface area contributed by atoms with E-state index in [0.29, 0.717) is 10.2 Å². The first-order valence-electron chi connectivity index (χ1n) is 8.30. The number of ether oxygens (including phenoxy) is 1. The Kier molecular flexibility index (Phi) is 5.36. The van der Waals surface area contributed by atoms with Crippen LogP contribution in [0.25, 0.3) is 5.65 Å². The topological polar surface area (TPSA) is 102 Å². The Bertz CT molecular complexity index is 1140. The molecule has 2 heterocycles. The number of alkyl halides is 3. The zero-order valence-corrected chi connectivity index (χ0v) is 16.4. The van der Waals surface area contributed by atoms with Gasteiger partial charge in [0, 0.05) is 19.8 Å². The average Bonchev–Trinajstić information content (AvgIpc) is 3.06. The summed E-state index contributed by atoms with van der Waals surface area (Å²) in [5, 5.41) is 13.2. The normalized spacial score (nSPS) is 12.5. The van der Waals surface area contributed by atoms with Gasteiger partial charge in [0.1, 0.15) is 10.6 Å². The maximum Gasteiger partial charge on any atom is 0.453 e. The van der Waals surface area contributed by atoms with Crippen LogP contribution in [0.2, 0.25) is 0 Å². The quantitative estimate of drug-likeness (QED) is 0.641. The van der Waals surface area contributed by atoms with Crippen LogP contribution in [0, 0.1) is 0 Å². The summed E-state index contributed by atoms with van der Waals surface area (Å²) in [5.41, 5.74) is 0.216. The highest BCUT2D eigenvalue weighted by Crippen LogP contribution is 2.31. The molecule has 0 spiro atoms. The van der Waals surface area contributed by atoms with Gasteiger partial charge < -0.3 is 10.1 Å². The fraction of sp³-hybridized carbons (Fsp3) is 0.312. The number of aromatic nitrogens is 4. The summed E-state index contributed by atoms with van der Waals surface area (Å²) in [4.78, 5) is -0.0873. The van der Waals surface area contributed by atoms with Crippen LogP contribution >= 0.6 is 0 Å². The van der Waals surface area contributed by atoms with E-state index in [0.717, 1.165) is 4.31 Å². The molecule has 0 fully saturated rings. The number of nitrogens with zero attached hydrogens (tertiary/aromatic N) is 5. The third kappa shape index (κ3) is 4.10. The Morgan fingerprint density at radius 1 is 1.17 bits per heavy atom. The van der Waals surface area contributed by atoms with E-state index in [4.69, 9.17) is 4.74 Å². The van der Waals surface area contributed by atoms with Gasteiger partial charge >= 0.3 is 6.18 Å². The summed E-state index contributed by atoms with van der Waals surface area (Å²) in [5.74, 6) is -1.06. The lowest BCUT2D eigenvalue weighted by Gasteiger charge is -2.17. The molecule has 13 heteroatoms. The first kappa shape index (κ1) is 20.8. The number of hydrogen-bond donors (Lipinski definition) is 1. The van der Waals surface area contributed by atoms with Gasteiger partial charge in [0.15, 0.2) is 11.5 Å². The van der Waals surface area contributed by atoms with Gasteiger partial charge in [0.2, 0.25) is 10.0 Å². The largest absolute Gasteiger partial charge is 0.492 e. The van der Waals surface area contributed by atoms with E-state index in [1.807, 2.05) is 0 Å². The van der Waals surface area contributed by atoms with Crippen LogP contribution in [-0.2, 0) is 16.2 Å². The Balaban J connectivity index is 2.02. The second-order valence-electron chi connectivity index (χ2n) is 6.02. The summed E-state index contributed by atoms with van der Waals surface area (Å²) in [6, 6.07) is 7.02. The maximum absolute atomic E-state index is 13.0. The van der Waals surface area contributed by atoms with Gasteiger partial charge in [-0.1, -0.05) is 0 Å². The van der Waals surface area contributed by atoms with Crippen LogP contribution in [-0.4, -0.2) is 53.2 Å². The van der Waals surface area contributed by atoms with E-state index in [1.54, 1.807) is 6.92 Å². The Morgan fingerprint density at radius 3 is 2.52 bits per heavy atom. The molecule has 1 N–H and O–H groups in total. The molecule has 0 amide bonds. The van der Waals surface area contributed by atoms with Crippen molar-refractivity contribution in [2.45, 2.75) is 18.0 Å². The number of anilines is 2. The predicted octanol–water partition coefficient (Wildman–Crippen LogP) is 2.54. The van der Waals surface area contributed by atoms with Gasteiger partial charge in [-0.25, -0.2) is 12.7 Å². The summed E-state index contributed by atoms with van der Waals surface area (Å²) in [6.07, 6.45) is -4.73. The minimum atomic E-state index is -4.73. The van der Waals surface area contributed by atoms with Crippen LogP contribution in [0.3, 0.4) is 0 Å². The van der Waals surface area contributed by atoms with Gasteiger partial charge in [0.05, 0.1) is 6.61 Å². The van der Waals surface area contributed by atoms with Gasteiger partial charge in [0.25, 0.3) is 5.82 Å². The van der Waals surface area contributed by atoms with Crippen LogP contribution < -0.4 is 10.1 Å². The number of fused-ring (bicyclic) bond motifs is 1. The lowest BCUT2D eigenvalue weighted by molar-refractivity contribution is -0.146. The van der Waals surface area contributed by atoms with Crippen molar-refractivity contribution in [3.63, 3.8) is 0 Å². The first-order valence-corrected chi connectivity index (χ1v) is 9.74. The minimum absolute atomic E-state index is 0.0418. The van der Waals surface area contributed by atoms with Crippen molar-refractivity contribution in [3.8, 4) is 5.75 Å². The van der Waals surface area contributed by atoms with E-state index < -0.39 is 22.0 Å². The number of hydrogen-bond acceptors (Lipinski definition) is 7. The number of nitrogens with one attached hydrogen (secondary N) is 1.